The Morgan fingerprint density at radius 3 is 2.54 bits per heavy atom. The van der Waals surface area contributed by atoms with Crippen molar-refractivity contribution < 1.29 is 18.8 Å². The van der Waals surface area contributed by atoms with E-state index < -0.39 is 17.8 Å². The van der Waals surface area contributed by atoms with Gasteiger partial charge < -0.3 is 9.32 Å². The molecule has 144 valence electrons. The van der Waals surface area contributed by atoms with Crippen LogP contribution in [0.25, 0.3) is 6.08 Å². The summed E-state index contributed by atoms with van der Waals surface area (Å²) in [5.74, 6) is -0.591. The maximum absolute atomic E-state index is 12.9. The molecular weight excluding hydrogens is 405 g/mol. The quantitative estimate of drug-likeness (QED) is 0.603. The maximum atomic E-state index is 12.9. The van der Waals surface area contributed by atoms with Gasteiger partial charge in [-0.2, -0.15) is 0 Å². The molecular formula is C19H15Cl2N3O4. The van der Waals surface area contributed by atoms with Crippen molar-refractivity contribution in [1.82, 2.24) is 5.32 Å². The molecule has 0 saturated carbocycles. The smallest absolute Gasteiger partial charge is 0.336 e. The molecule has 2 fully saturated rings. The monoisotopic (exact) mass is 419 g/mol. The number of rotatable bonds is 3. The van der Waals surface area contributed by atoms with Gasteiger partial charge in [-0.3, -0.25) is 14.9 Å². The van der Waals surface area contributed by atoms with Crippen molar-refractivity contribution in [1.29, 1.82) is 0 Å². The number of carbonyl (C=O) groups excluding carboxylic acids is 3. The van der Waals surface area contributed by atoms with Gasteiger partial charge in [0.05, 0.1) is 15.7 Å². The third-order valence-electron chi connectivity index (χ3n) is 4.59. The number of nitrogens with one attached hydrogen (secondary N) is 1. The molecule has 1 N–H and O–H groups in total. The van der Waals surface area contributed by atoms with Gasteiger partial charge in [0, 0.05) is 19.2 Å². The van der Waals surface area contributed by atoms with E-state index in [1.807, 2.05) is 0 Å². The molecule has 0 aliphatic carbocycles. The minimum absolute atomic E-state index is 0.0377. The normalized spacial score (nSPS) is 18.9. The van der Waals surface area contributed by atoms with Crippen molar-refractivity contribution in [3.8, 4) is 0 Å². The first-order valence-electron chi connectivity index (χ1n) is 8.66. The standard InChI is InChI=1S/C19H15Cl2N3O4/c20-13-4-3-5-14(16(13)21)24-18(26)12(17(25)22-19(24)27)10-11-6-7-15(28-11)23-8-1-2-9-23/h3-7,10H,1-2,8-9H2,(H,22,25,27)/b12-10+. The number of hydrogen-bond donors (Lipinski definition) is 1. The van der Waals surface area contributed by atoms with Crippen LogP contribution >= 0.6 is 23.2 Å². The largest absolute Gasteiger partial charge is 0.441 e. The summed E-state index contributed by atoms with van der Waals surface area (Å²) in [4.78, 5) is 40.3. The second-order valence-corrected chi connectivity index (χ2v) is 7.19. The fourth-order valence-corrected chi connectivity index (χ4v) is 3.59. The molecule has 0 unspecified atom stereocenters. The highest BCUT2D eigenvalue weighted by atomic mass is 35.5. The van der Waals surface area contributed by atoms with Crippen LogP contribution in [0.2, 0.25) is 10.0 Å². The first kappa shape index (κ1) is 18.6. The lowest BCUT2D eigenvalue weighted by Gasteiger charge is -2.27. The van der Waals surface area contributed by atoms with Gasteiger partial charge in [-0.25, -0.2) is 9.69 Å². The van der Waals surface area contributed by atoms with E-state index in [4.69, 9.17) is 27.6 Å². The molecule has 2 aliphatic rings. The van der Waals surface area contributed by atoms with Gasteiger partial charge in [0.1, 0.15) is 11.3 Å². The number of anilines is 2. The van der Waals surface area contributed by atoms with E-state index in [-0.39, 0.29) is 21.3 Å². The van der Waals surface area contributed by atoms with E-state index in [2.05, 4.69) is 10.2 Å². The molecule has 2 aliphatic heterocycles. The molecule has 1 aromatic heterocycles. The number of hydrogen-bond acceptors (Lipinski definition) is 5. The van der Waals surface area contributed by atoms with E-state index >= 15 is 0 Å². The molecule has 1 aromatic carbocycles. The van der Waals surface area contributed by atoms with Crippen LogP contribution in [-0.2, 0) is 9.59 Å². The molecule has 4 rings (SSSR count). The second-order valence-electron chi connectivity index (χ2n) is 6.40. The Balaban J connectivity index is 1.68. The lowest BCUT2D eigenvalue weighted by Crippen LogP contribution is -2.54. The summed E-state index contributed by atoms with van der Waals surface area (Å²) in [5.41, 5.74) is -0.148. The van der Waals surface area contributed by atoms with Crippen LogP contribution in [0, 0.1) is 0 Å². The second kappa shape index (κ2) is 7.33. The zero-order valence-corrected chi connectivity index (χ0v) is 16.1. The molecule has 28 heavy (non-hydrogen) atoms. The van der Waals surface area contributed by atoms with Gasteiger partial charge in [-0.05, 0) is 37.1 Å². The highest BCUT2D eigenvalue weighted by Crippen LogP contribution is 2.34. The third-order valence-corrected chi connectivity index (χ3v) is 5.40. The Hall–Kier alpha value is -2.77. The molecule has 3 heterocycles. The van der Waals surface area contributed by atoms with E-state index in [1.165, 1.54) is 18.2 Å². The third kappa shape index (κ3) is 3.27. The van der Waals surface area contributed by atoms with Crippen LogP contribution < -0.4 is 15.1 Å². The Morgan fingerprint density at radius 1 is 1.04 bits per heavy atom. The summed E-state index contributed by atoms with van der Waals surface area (Å²) in [5, 5.41) is 2.36. The predicted octanol–water partition coefficient (Wildman–Crippen LogP) is 3.85. The molecule has 7 nitrogen and oxygen atoms in total. The molecule has 0 atom stereocenters. The average Bonchev–Trinajstić information content (AvgIpc) is 3.33. The van der Waals surface area contributed by atoms with E-state index in [9.17, 15) is 14.4 Å². The molecule has 9 heteroatoms. The zero-order valence-electron chi connectivity index (χ0n) is 14.6. The van der Waals surface area contributed by atoms with Gasteiger partial charge >= 0.3 is 6.03 Å². The summed E-state index contributed by atoms with van der Waals surface area (Å²) >= 11 is 12.1. The van der Waals surface area contributed by atoms with Crippen molar-refractivity contribution >= 4 is 58.7 Å². The van der Waals surface area contributed by atoms with Crippen LogP contribution in [-0.4, -0.2) is 30.9 Å². The van der Waals surface area contributed by atoms with Crippen LogP contribution in [0.1, 0.15) is 18.6 Å². The molecule has 0 radical (unpaired) electrons. The predicted molar refractivity (Wildman–Crippen MR) is 106 cm³/mol. The summed E-state index contributed by atoms with van der Waals surface area (Å²) in [6.07, 6.45) is 3.50. The van der Waals surface area contributed by atoms with Gasteiger partial charge in [-0.1, -0.05) is 29.3 Å². The van der Waals surface area contributed by atoms with E-state index in [1.54, 1.807) is 18.2 Å². The van der Waals surface area contributed by atoms with Crippen LogP contribution in [0.15, 0.2) is 40.3 Å². The zero-order chi connectivity index (χ0) is 19.8. The summed E-state index contributed by atoms with van der Waals surface area (Å²) < 4.78 is 5.74. The van der Waals surface area contributed by atoms with Crippen molar-refractivity contribution in [2.75, 3.05) is 22.9 Å². The fourth-order valence-electron chi connectivity index (χ4n) is 3.21. The van der Waals surface area contributed by atoms with Crippen LogP contribution in [0.4, 0.5) is 16.4 Å². The first-order chi connectivity index (χ1) is 13.5. The number of halogens is 2. The summed E-state index contributed by atoms with van der Waals surface area (Å²) in [7, 11) is 0. The number of carbonyl (C=O) groups is 3. The number of furan rings is 1. The minimum atomic E-state index is -0.895. The van der Waals surface area contributed by atoms with Gasteiger partial charge in [0.2, 0.25) is 0 Å². The Kier molecular flexibility index (Phi) is 4.87. The highest BCUT2D eigenvalue weighted by Gasteiger charge is 2.38. The topological polar surface area (TPSA) is 82.9 Å². The van der Waals surface area contributed by atoms with Crippen LogP contribution in [0.3, 0.4) is 0 Å². The Morgan fingerprint density at radius 2 is 1.79 bits per heavy atom. The van der Waals surface area contributed by atoms with Gasteiger partial charge in [0.25, 0.3) is 11.8 Å². The molecule has 0 spiro atoms. The van der Waals surface area contributed by atoms with E-state index in [0.29, 0.717) is 11.6 Å². The highest BCUT2D eigenvalue weighted by molar-refractivity contribution is 6.46. The molecule has 2 aromatic rings. The number of nitrogens with zero attached hydrogens (tertiary/aromatic N) is 2. The van der Waals surface area contributed by atoms with Gasteiger partial charge in [-0.15, -0.1) is 0 Å². The van der Waals surface area contributed by atoms with Crippen LogP contribution in [0.5, 0.6) is 0 Å². The number of imide groups is 2. The van der Waals surface area contributed by atoms with Crippen molar-refractivity contribution in [3.05, 3.63) is 51.7 Å². The van der Waals surface area contributed by atoms with Crippen molar-refractivity contribution in [2.24, 2.45) is 0 Å². The number of urea groups is 1. The number of amides is 4. The fraction of sp³-hybridized carbons (Fsp3) is 0.211. The Bertz CT molecular complexity index is 1010. The average molecular weight is 420 g/mol. The molecule has 0 bridgehead atoms. The lowest BCUT2D eigenvalue weighted by molar-refractivity contribution is -0.122. The Labute approximate surface area is 170 Å². The number of barbiturate groups is 1. The van der Waals surface area contributed by atoms with Gasteiger partial charge in [0.15, 0.2) is 5.88 Å². The minimum Gasteiger partial charge on any atom is -0.441 e. The first-order valence-corrected chi connectivity index (χ1v) is 9.41. The lowest BCUT2D eigenvalue weighted by atomic mass is 10.1. The SMILES string of the molecule is O=C1NC(=O)N(c2cccc(Cl)c2Cl)C(=O)/C1=C/c1ccc(N2CCCC2)o1. The molecule has 2 saturated heterocycles. The van der Waals surface area contributed by atoms with E-state index in [0.717, 1.165) is 30.8 Å². The molecule has 4 amide bonds. The van der Waals surface area contributed by atoms with Crippen molar-refractivity contribution in [2.45, 2.75) is 12.8 Å². The number of benzene rings is 1. The van der Waals surface area contributed by atoms with Crippen molar-refractivity contribution in [3.63, 3.8) is 0 Å². The summed E-state index contributed by atoms with van der Waals surface area (Å²) in [6, 6.07) is 7.13. The summed E-state index contributed by atoms with van der Waals surface area (Å²) in [6.45, 7) is 1.80. The maximum Gasteiger partial charge on any atom is 0.336 e.